The summed E-state index contributed by atoms with van der Waals surface area (Å²) in [5.41, 5.74) is 0.472. The molecule has 0 amide bonds. The fraction of sp³-hybridized carbons (Fsp3) is 0.571. The van der Waals surface area contributed by atoms with Crippen LogP contribution in [0.15, 0.2) is 24.3 Å². The van der Waals surface area contributed by atoms with Crippen LogP contribution in [0.5, 0.6) is 5.75 Å². The number of nitrogens with zero attached hydrogens (tertiary/aromatic N) is 1. The van der Waals surface area contributed by atoms with Gasteiger partial charge in [0.25, 0.3) is 0 Å². The van der Waals surface area contributed by atoms with Crippen molar-refractivity contribution in [3.63, 3.8) is 0 Å². The fourth-order valence-electron chi connectivity index (χ4n) is 2.52. The first kappa shape index (κ1) is 15.3. The second-order valence-electron chi connectivity index (χ2n) is 5.20. The number of methoxy groups -OCH3 is 1. The van der Waals surface area contributed by atoms with Gasteiger partial charge in [-0.1, -0.05) is 12.1 Å². The van der Waals surface area contributed by atoms with Crippen LogP contribution in [0.4, 0.5) is 0 Å². The molecule has 20 heavy (non-hydrogen) atoms. The highest BCUT2D eigenvalue weighted by atomic mass is 16.5. The number of rotatable bonds is 7. The zero-order valence-corrected chi connectivity index (χ0v) is 11.9. The van der Waals surface area contributed by atoms with Crippen LogP contribution in [-0.2, 0) is 4.74 Å². The van der Waals surface area contributed by atoms with Crippen molar-refractivity contribution in [2.75, 3.05) is 40.0 Å². The molecule has 1 atom stereocenters. The summed E-state index contributed by atoms with van der Waals surface area (Å²) in [5, 5.41) is 18.0. The second kappa shape index (κ2) is 7.64. The first-order valence-corrected chi connectivity index (χ1v) is 6.99. The number of ether oxygens (including phenoxy) is 2. The van der Waals surface area contributed by atoms with E-state index in [0.29, 0.717) is 18.0 Å². The Morgan fingerprint density at radius 3 is 2.70 bits per heavy atom. The summed E-state index contributed by atoms with van der Waals surface area (Å²) in [5.74, 6) is 1.40. The maximum atomic E-state index is 9.00. The molecule has 1 unspecified atom stereocenters. The molecule has 0 saturated carbocycles. The van der Waals surface area contributed by atoms with E-state index in [4.69, 9.17) is 19.5 Å². The highest BCUT2D eigenvalue weighted by molar-refractivity contribution is 6.58. The van der Waals surface area contributed by atoms with Crippen molar-refractivity contribution in [2.24, 2.45) is 5.92 Å². The van der Waals surface area contributed by atoms with Crippen molar-refractivity contribution < 1.29 is 19.5 Å². The Labute approximate surface area is 120 Å². The van der Waals surface area contributed by atoms with Crippen molar-refractivity contribution in [2.45, 2.75) is 6.42 Å². The third-order valence-corrected chi connectivity index (χ3v) is 3.63. The molecule has 1 aromatic carbocycles. The molecule has 1 fully saturated rings. The minimum absolute atomic E-state index is 0.472. The summed E-state index contributed by atoms with van der Waals surface area (Å²) >= 11 is 0. The van der Waals surface area contributed by atoms with Gasteiger partial charge in [0.15, 0.2) is 0 Å². The first-order chi connectivity index (χ1) is 9.69. The molecule has 1 aromatic rings. The van der Waals surface area contributed by atoms with E-state index in [1.807, 2.05) is 0 Å². The summed E-state index contributed by atoms with van der Waals surface area (Å²) in [4.78, 5) is 2.38. The molecule has 0 spiro atoms. The van der Waals surface area contributed by atoms with Gasteiger partial charge in [-0.25, -0.2) is 0 Å². The summed E-state index contributed by atoms with van der Waals surface area (Å²) in [6.45, 7) is 4.56. The third-order valence-electron chi connectivity index (χ3n) is 3.63. The van der Waals surface area contributed by atoms with Gasteiger partial charge in [-0.2, -0.15) is 0 Å². The minimum Gasteiger partial charge on any atom is -0.492 e. The SMILES string of the molecule is COCC1CCN(CCOc2ccc(B(O)O)cc2)C1. The lowest BCUT2D eigenvalue weighted by atomic mass is 9.80. The lowest BCUT2D eigenvalue weighted by Crippen LogP contribution is -2.29. The van der Waals surface area contributed by atoms with Crippen LogP contribution in [0, 0.1) is 5.92 Å². The summed E-state index contributed by atoms with van der Waals surface area (Å²) < 4.78 is 10.8. The molecule has 0 bridgehead atoms. The molecule has 0 aromatic heterocycles. The Morgan fingerprint density at radius 1 is 1.30 bits per heavy atom. The molecule has 1 aliphatic heterocycles. The first-order valence-electron chi connectivity index (χ1n) is 6.99. The maximum Gasteiger partial charge on any atom is 0.488 e. The average Bonchev–Trinajstić information content (AvgIpc) is 2.87. The zero-order valence-electron chi connectivity index (χ0n) is 11.9. The molecule has 0 radical (unpaired) electrons. The molecular formula is C14H22BNO4. The van der Waals surface area contributed by atoms with Gasteiger partial charge in [-0.15, -0.1) is 0 Å². The van der Waals surface area contributed by atoms with Crippen LogP contribution in [0.1, 0.15) is 6.42 Å². The molecular weight excluding hydrogens is 257 g/mol. The minimum atomic E-state index is -1.42. The van der Waals surface area contributed by atoms with Gasteiger partial charge in [-0.3, -0.25) is 4.90 Å². The molecule has 2 N–H and O–H groups in total. The lowest BCUT2D eigenvalue weighted by Gasteiger charge is -2.16. The number of likely N-dealkylation sites (tertiary alicyclic amines) is 1. The van der Waals surface area contributed by atoms with Gasteiger partial charge in [-0.05, 0) is 36.5 Å². The van der Waals surface area contributed by atoms with Crippen LogP contribution in [0.2, 0.25) is 0 Å². The fourth-order valence-corrected chi connectivity index (χ4v) is 2.52. The Kier molecular flexibility index (Phi) is 5.85. The Bertz CT molecular complexity index is 399. The number of benzene rings is 1. The largest absolute Gasteiger partial charge is 0.492 e. The van der Waals surface area contributed by atoms with E-state index < -0.39 is 7.12 Å². The number of hydrogen-bond donors (Lipinski definition) is 2. The predicted molar refractivity (Wildman–Crippen MR) is 78.2 cm³/mol. The number of hydrogen-bond acceptors (Lipinski definition) is 5. The van der Waals surface area contributed by atoms with Crippen molar-refractivity contribution in [1.82, 2.24) is 4.90 Å². The van der Waals surface area contributed by atoms with Gasteiger partial charge >= 0.3 is 7.12 Å². The van der Waals surface area contributed by atoms with Crippen LogP contribution < -0.4 is 10.2 Å². The average molecular weight is 279 g/mol. The zero-order chi connectivity index (χ0) is 14.4. The van der Waals surface area contributed by atoms with E-state index in [-0.39, 0.29) is 0 Å². The molecule has 1 saturated heterocycles. The molecule has 1 heterocycles. The highest BCUT2D eigenvalue weighted by Crippen LogP contribution is 2.16. The Balaban J connectivity index is 1.68. The third kappa shape index (κ3) is 4.49. The predicted octanol–water partition coefficient (Wildman–Crippen LogP) is -0.286. The summed E-state index contributed by atoms with van der Waals surface area (Å²) in [6, 6.07) is 6.83. The molecule has 6 heteroatoms. The highest BCUT2D eigenvalue weighted by Gasteiger charge is 2.21. The topological polar surface area (TPSA) is 62.2 Å². The van der Waals surface area contributed by atoms with E-state index in [9.17, 15) is 0 Å². The van der Waals surface area contributed by atoms with E-state index in [1.165, 1.54) is 6.42 Å². The van der Waals surface area contributed by atoms with E-state index in [1.54, 1.807) is 31.4 Å². The maximum absolute atomic E-state index is 9.00. The summed E-state index contributed by atoms with van der Waals surface area (Å²) in [6.07, 6.45) is 1.19. The van der Waals surface area contributed by atoms with Crippen LogP contribution in [0.3, 0.4) is 0 Å². The van der Waals surface area contributed by atoms with Gasteiger partial charge in [0.1, 0.15) is 12.4 Å². The van der Waals surface area contributed by atoms with Gasteiger partial charge in [0.05, 0.1) is 6.61 Å². The van der Waals surface area contributed by atoms with E-state index in [0.717, 1.165) is 32.0 Å². The van der Waals surface area contributed by atoms with Crippen LogP contribution in [-0.4, -0.2) is 62.0 Å². The summed E-state index contributed by atoms with van der Waals surface area (Å²) in [7, 11) is 0.324. The van der Waals surface area contributed by atoms with Crippen molar-refractivity contribution in [3.8, 4) is 5.75 Å². The van der Waals surface area contributed by atoms with E-state index in [2.05, 4.69) is 4.90 Å². The molecule has 5 nitrogen and oxygen atoms in total. The molecule has 2 rings (SSSR count). The van der Waals surface area contributed by atoms with Crippen molar-refractivity contribution >= 4 is 12.6 Å². The lowest BCUT2D eigenvalue weighted by molar-refractivity contribution is 0.150. The molecule has 1 aliphatic rings. The van der Waals surface area contributed by atoms with Gasteiger partial charge < -0.3 is 19.5 Å². The van der Waals surface area contributed by atoms with Gasteiger partial charge in [0.2, 0.25) is 0 Å². The Morgan fingerprint density at radius 2 is 2.05 bits per heavy atom. The monoisotopic (exact) mass is 279 g/mol. The van der Waals surface area contributed by atoms with Crippen LogP contribution in [0.25, 0.3) is 0 Å². The molecule has 0 aliphatic carbocycles. The van der Waals surface area contributed by atoms with Crippen molar-refractivity contribution in [1.29, 1.82) is 0 Å². The second-order valence-corrected chi connectivity index (χ2v) is 5.20. The van der Waals surface area contributed by atoms with Crippen LogP contribution >= 0.6 is 0 Å². The standard InChI is InChI=1S/C14H22BNO4/c1-19-11-12-6-7-16(10-12)8-9-20-14-4-2-13(3-5-14)15(17)18/h2-5,12,17-18H,6-11H2,1H3. The smallest absolute Gasteiger partial charge is 0.488 e. The quantitative estimate of drug-likeness (QED) is 0.672. The Hall–Kier alpha value is -1.08. The van der Waals surface area contributed by atoms with E-state index >= 15 is 0 Å². The van der Waals surface area contributed by atoms with Crippen molar-refractivity contribution in [3.05, 3.63) is 24.3 Å². The molecule has 110 valence electrons. The normalized spacial score (nSPS) is 19.2. The van der Waals surface area contributed by atoms with Gasteiger partial charge in [0, 0.05) is 20.2 Å².